The largest absolute Gasteiger partial charge is 0.341 e. The van der Waals surface area contributed by atoms with Crippen LogP contribution in [0.15, 0.2) is 5.16 Å². The van der Waals surface area contributed by atoms with E-state index in [0.717, 1.165) is 12.8 Å². The lowest BCUT2D eigenvalue weighted by molar-refractivity contribution is -0.119. The van der Waals surface area contributed by atoms with Crippen LogP contribution in [0.2, 0.25) is 0 Å². The molecule has 0 aromatic carbocycles. The number of carbonyl (C=O) groups excluding carboxylic acids is 2. The van der Waals surface area contributed by atoms with Crippen LogP contribution in [0.1, 0.15) is 45.1 Å². The third-order valence-electron chi connectivity index (χ3n) is 3.50. The van der Waals surface area contributed by atoms with Gasteiger partial charge in [0.1, 0.15) is 0 Å². The highest BCUT2D eigenvalue weighted by Crippen LogP contribution is 2.31. The number of aromatic nitrogens is 4. The lowest BCUT2D eigenvalue weighted by Crippen LogP contribution is -2.41. The Morgan fingerprint density at radius 2 is 2.05 bits per heavy atom. The van der Waals surface area contributed by atoms with Crippen LogP contribution < -0.4 is 10.6 Å². The van der Waals surface area contributed by atoms with Gasteiger partial charge in [0.15, 0.2) is 0 Å². The fourth-order valence-corrected chi connectivity index (χ4v) is 3.16. The molecule has 0 saturated heterocycles. The SMILES string of the molecule is CNC(=O)NC(=O)C(C)Sc1nnnn1C1CCCCC1. The summed E-state index contributed by atoms with van der Waals surface area (Å²) in [4.78, 5) is 23.0. The van der Waals surface area contributed by atoms with Crippen LogP contribution in [0.25, 0.3) is 0 Å². The summed E-state index contributed by atoms with van der Waals surface area (Å²) < 4.78 is 1.81. The number of amides is 3. The van der Waals surface area contributed by atoms with Crippen molar-refractivity contribution in [1.82, 2.24) is 30.8 Å². The minimum Gasteiger partial charge on any atom is -0.341 e. The quantitative estimate of drug-likeness (QED) is 0.808. The first-order chi connectivity index (χ1) is 10.1. The maximum atomic E-state index is 11.9. The van der Waals surface area contributed by atoms with Crippen LogP contribution in [0, 0.1) is 0 Å². The van der Waals surface area contributed by atoms with Crippen molar-refractivity contribution in [2.24, 2.45) is 0 Å². The van der Waals surface area contributed by atoms with Gasteiger partial charge in [0.2, 0.25) is 11.1 Å². The van der Waals surface area contributed by atoms with Crippen molar-refractivity contribution in [2.45, 2.75) is 55.5 Å². The summed E-state index contributed by atoms with van der Waals surface area (Å²) in [6.07, 6.45) is 5.75. The molecule has 116 valence electrons. The highest BCUT2D eigenvalue weighted by atomic mass is 32.2. The highest BCUT2D eigenvalue weighted by Gasteiger charge is 2.24. The number of hydrogen-bond acceptors (Lipinski definition) is 6. The molecule has 0 spiro atoms. The third kappa shape index (κ3) is 4.16. The van der Waals surface area contributed by atoms with Gasteiger partial charge in [0.25, 0.3) is 0 Å². The fourth-order valence-electron chi connectivity index (χ4n) is 2.31. The Labute approximate surface area is 127 Å². The first-order valence-corrected chi connectivity index (χ1v) is 7.97. The third-order valence-corrected chi connectivity index (χ3v) is 4.55. The predicted molar refractivity (Wildman–Crippen MR) is 77.9 cm³/mol. The molecule has 1 fully saturated rings. The molecular weight excluding hydrogens is 292 g/mol. The number of tetrazole rings is 1. The molecule has 0 bridgehead atoms. The van der Waals surface area contributed by atoms with Gasteiger partial charge in [-0.05, 0) is 30.2 Å². The molecule has 1 heterocycles. The number of carbonyl (C=O) groups is 2. The Kier molecular flexibility index (Phi) is 5.54. The second kappa shape index (κ2) is 7.39. The van der Waals surface area contributed by atoms with Crippen molar-refractivity contribution in [3.8, 4) is 0 Å². The molecule has 2 rings (SSSR count). The van der Waals surface area contributed by atoms with Crippen LogP contribution in [0.4, 0.5) is 4.79 Å². The van der Waals surface area contributed by atoms with Crippen LogP contribution >= 0.6 is 11.8 Å². The number of nitrogens with zero attached hydrogens (tertiary/aromatic N) is 4. The molecule has 1 unspecified atom stereocenters. The molecule has 1 atom stereocenters. The Morgan fingerprint density at radius 1 is 1.33 bits per heavy atom. The van der Waals surface area contributed by atoms with E-state index in [2.05, 4.69) is 26.2 Å². The van der Waals surface area contributed by atoms with Gasteiger partial charge in [-0.15, -0.1) is 5.10 Å². The van der Waals surface area contributed by atoms with E-state index in [1.807, 2.05) is 4.68 Å². The van der Waals surface area contributed by atoms with Gasteiger partial charge in [-0.2, -0.15) is 0 Å². The van der Waals surface area contributed by atoms with Gasteiger partial charge in [-0.3, -0.25) is 10.1 Å². The molecule has 2 N–H and O–H groups in total. The Balaban J connectivity index is 1.97. The minimum absolute atomic E-state index is 0.311. The average Bonchev–Trinajstić information content (AvgIpc) is 2.96. The van der Waals surface area contributed by atoms with Gasteiger partial charge in [0, 0.05) is 7.05 Å². The summed E-state index contributed by atoms with van der Waals surface area (Å²) in [5.74, 6) is -0.363. The van der Waals surface area contributed by atoms with E-state index in [1.165, 1.54) is 38.1 Å². The van der Waals surface area contributed by atoms with Crippen molar-refractivity contribution >= 4 is 23.7 Å². The van der Waals surface area contributed by atoms with Crippen molar-refractivity contribution in [3.05, 3.63) is 0 Å². The summed E-state index contributed by atoms with van der Waals surface area (Å²) in [7, 11) is 1.46. The second-order valence-corrected chi connectivity index (χ2v) is 6.33. The zero-order chi connectivity index (χ0) is 15.2. The van der Waals surface area contributed by atoms with Crippen LogP contribution in [-0.2, 0) is 4.79 Å². The molecule has 9 heteroatoms. The Hall–Kier alpha value is -1.64. The van der Waals surface area contributed by atoms with Gasteiger partial charge in [-0.25, -0.2) is 9.48 Å². The average molecular weight is 312 g/mol. The van der Waals surface area contributed by atoms with Crippen molar-refractivity contribution in [1.29, 1.82) is 0 Å². The number of rotatable bonds is 4. The molecule has 21 heavy (non-hydrogen) atoms. The van der Waals surface area contributed by atoms with Crippen LogP contribution in [0.5, 0.6) is 0 Å². The van der Waals surface area contributed by atoms with E-state index in [1.54, 1.807) is 6.92 Å². The Morgan fingerprint density at radius 3 is 2.71 bits per heavy atom. The topological polar surface area (TPSA) is 102 Å². The fraction of sp³-hybridized carbons (Fsp3) is 0.750. The summed E-state index contributed by atoms with van der Waals surface area (Å²) in [5, 5.41) is 16.5. The lowest BCUT2D eigenvalue weighted by Gasteiger charge is -2.22. The van der Waals surface area contributed by atoms with E-state index >= 15 is 0 Å². The van der Waals surface area contributed by atoms with Gasteiger partial charge in [-0.1, -0.05) is 31.0 Å². The van der Waals surface area contributed by atoms with E-state index in [-0.39, 0.29) is 5.91 Å². The molecule has 0 radical (unpaired) electrons. The monoisotopic (exact) mass is 312 g/mol. The highest BCUT2D eigenvalue weighted by molar-refractivity contribution is 8.00. The number of nitrogens with one attached hydrogen (secondary N) is 2. The van der Waals surface area contributed by atoms with Crippen molar-refractivity contribution < 1.29 is 9.59 Å². The van der Waals surface area contributed by atoms with E-state index in [4.69, 9.17) is 0 Å². The first-order valence-electron chi connectivity index (χ1n) is 7.09. The zero-order valence-electron chi connectivity index (χ0n) is 12.2. The smallest absolute Gasteiger partial charge is 0.321 e. The van der Waals surface area contributed by atoms with E-state index < -0.39 is 11.3 Å². The standard InChI is InChI=1S/C12H20N6O2S/c1-8(10(19)14-11(20)13-2)21-12-15-16-17-18(12)9-6-4-3-5-7-9/h8-9H,3-7H2,1-2H3,(H2,13,14,19,20). The second-order valence-electron chi connectivity index (χ2n) is 5.03. The molecular formula is C12H20N6O2S. The molecule has 1 aromatic heterocycles. The molecule has 0 aliphatic heterocycles. The summed E-state index contributed by atoms with van der Waals surface area (Å²) in [6, 6.07) is -0.204. The zero-order valence-corrected chi connectivity index (χ0v) is 13.0. The Bertz CT molecular complexity index is 500. The molecule has 1 saturated carbocycles. The van der Waals surface area contributed by atoms with Gasteiger partial charge in [0.05, 0.1) is 11.3 Å². The number of hydrogen-bond donors (Lipinski definition) is 2. The molecule has 1 aromatic rings. The summed E-state index contributed by atoms with van der Waals surface area (Å²) in [6.45, 7) is 1.73. The minimum atomic E-state index is -0.515. The van der Waals surface area contributed by atoms with E-state index in [0.29, 0.717) is 11.2 Å². The number of imide groups is 1. The van der Waals surface area contributed by atoms with E-state index in [9.17, 15) is 9.59 Å². The predicted octanol–water partition coefficient (Wildman–Crippen LogP) is 1.11. The molecule has 1 aliphatic carbocycles. The molecule has 8 nitrogen and oxygen atoms in total. The van der Waals surface area contributed by atoms with Gasteiger partial charge < -0.3 is 5.32 Å². The van der Waals surface area contributed by atoms with Gasteiger partial charge >= 0.3 is 6.03 Å². The molecule has 3 amide bonds. The molecule has 1 aliphatic rings. The van der Waals surface area contributed by atoms with Crippen LogP contribution in [-0.4, -0.2) is 44.4 Å². The summed E-state index contributed by atoms with van der Waals surface area (Å²) in [5.41, 5.74) is 0. The number of thioether (sulfide) groups is 1. The maximum absolute atomic E-state index is 11.9. The maximum Gasteiger partial charge on any atom is 0.321 e. The first kappa shape index (κ1) is 15.7. The van der Waals surface area contributed by atoms with Crippen LogP contribution in [0.3, 0.4) is 0 Å². The summed E-state index contributed by atoms with van der Waals surface area (Å²) >= 11 is 1.27. The van der Waals surface area contributed by atoms with Crippen molar-refractivity contribution in [3.63, 3.8) is 0 Å². The lowest BCUT2D eigenvalue weighted by atomic mass is 9.96. The number of urea groups is 1. The van der Waals surface area contributed by atoms with Crippen molar-refractivity contribution in [2.75, 3.05) is 7.05 Å². The normalized spacial score (nSPS) is 17.2.